The summed E-state index contributed by atoms with van der Waals surface area (Å²) < 4.78 is 10.7. The predicted molar refractivity (Wildman–Crippen MR) is 130 cm³/mol. The average molecular weight is 460 g/mol. The molecule has 3 rings (SSSR count). The summed E-state index contributed by atoms with van der Waals surface area (Å²) in [6.45, 7) is 8.24. The lowest BCUT2D eigenvalue weighted by Crippen LogP contribution is -2.34. The van der Waals surface area contributed by atoms with E-state index in [9.17, 15) is 9.90 Å². The van der Waals surface area contributed by atoms with Crippen molar-refractivity contribution < 1.29 is 14.6 Å². The smallest absolute Gasteiger partial charge is 0.260 e. The van der Waals surface area contributed by atoms with Gasteiger partial charge in [-0.05, 0) is 43.0 Å². The highest BCUT2D eigenvalue weighted by atomic mass is 32.1. The Morgan fingerprint density at radius 1 is 1.22 bits per heavy atom. The third-order valence-electron chi connectivity index (χ3n) is 5.52. The molecule has 1 aromatic carbocycles. The summed E-state index contributed by atoms with van der Waals surface area (Å²) >= 11 is 1.45. The molecule has 0 aliphatic carbocycles. The largest absolute Gasteiger partial charge is 0.493 e. The first-order valence-electron chi connectivity index (χ1n) is 11.0. The highest BCUT2D eigenvalue weighted by Crippen LogP contribution is 2.36. The van der Waals surface area contributed by atoms with Crippen LogP contribution in [0.5, 0.6) is 11.5 Å². The number of aliphatic hydroxyl groups excluding tert-OH is 1. The number of methoxy groups -OCH3 is 2. The highest BCUT2D eigenvalue weighted by molar-refractivity contribution is 7.17. The van der Waals surface area contributed by atoms with Crippen LogP contribution in [-0.4, -0.2) is 53.4 Å². The van der Waals surface area contributed by atoms with Crippen molar-refractivity contribution in [2.75, 3.05) is 27.3 Å². The topological polar surface area (TPSA) is 87.7 Å². The molecule has 3 aromatic rings. The number of H-pyrrole nitrogens is 1. The van der Waals surface area contributed by atoms with Crippen molar-refractivity contribution in [3.63, 3.8) is 0 Å². The summed E-state index contributed by atoms with van der Waals surface area (Å²) in [6, 6.07) is 5.61. The summed E-state index contributed by atoms with van der Waals surface area (Å²) in [4.78, 5) is 23.6. The maximum absolute atomic E-state index is 13.0. The number of hydrogen-bond acceptors (Lipinski definition) is 7. The summed E-state index contributed by atoms with van der Waals surface area (Å²) in [5.74, 6) is 2.43. The van der Waals surface area contributed by atoms with E-state index in [0.717, 1.165) is 24.1 Å². The third-order valence-corrected chi connectivity index (χ3v) is 6.40. The Balaban J connectivity index is 1.92. The summed E-state index contributed by atoms with van der Waals surface area (Å²) in [7, 11) is 3.19. The summed E-state index contributed by atoms with van der Waals surface area (Å²) in [5.41, 5.74) is 1.54. The number of ether oxygens (including phenoxy) is 2. The van der Waals surface area contributed by atoms with Crippen LogP contribution in [0.15, 0.2) is 28.4 Å². The maximum atomic E-state index is 13.0. The molecule has 0 fully saturated rings. The lowest BCUT2D eigenvalue weighted by molar-refractivity contribution is 0.101. The van der Waals surface area contributed by atoms with Gasteiger partial charge in [0.25, 0.3) is 5.56 Å². The molecule has 2 aromatic heterocycles. The van der Waals surface area contributed by atoms with E-state index in [4.69, 9.17) is 14.5 Å². The molecule has 0 amide bonds. The number of aliphatic hydroxyl groups is 1. The van der Waals surface area contributed by atoms with Gasteiger partial charge in [-0.2, -0.15) is 0 Å². The molecule has 8 heteroatoms. The fourth-order valence-corrected chi connectivity index (χ4v) is 4.57. The van der Waals surface area contributed by atoms with Gasteiger partial charge >= 0.3 is 0 Å². The van der Waals surface area contributed by atoms with Gasteiger partial charge in [-0.15, -0.1) is 11.3 Å². The Morgan fingerprint density at radius 2 is 1.97 bits per heavy atom. The van der Waals surface area contributed by atoms with E-state index in [-0.39, 0.29) is 5.56 Å². The molecular formula is C24H33N3O4S. The van der Waals surface area contributed by atoms with Crippen molar-refractivity contribution in [1.29, 1.82) is 0 Å². The van der Waals surface area contributed by atoms with Crippen LogP contribution in [0.3, 0.4) is 0 Å². The van der Waals surface area contributed by atoms with Crippen molar-refractivity contribution in [2.45, 2.75) is 46.3 Å². The first-order chi connectivity index (χ1) is 15.4. The third kappa shape index (κ3) is 5.68. The average Bonchev–Trinajstić information content (AvgIpc) is 3.21. The number of thiophene rings is 1. The Labute approximate surface area is 193 Å². The van der Waals surface area contributed by atoms with Gasteiger partial charge in [0, 0.05) is 17.5 Å². The predicted octanol–water partition coefficient (Wildman–Crippen LogP) is 4.29. The van der Waals surface area contributed by atoms with Gasteiger partial charge in [-0.3, -0.25) is 9.69 Å². The van der Waals surface area contributed by atoms with Crippen molar-refractivity contribution in [3.8, 4) is 22.6 Å². The molecule has 0 saturated carbocycles. The molecule has 0 bridgehead atoms. The second-order valence-electron chi connectivity index (χ2n) is 8.39. The minimum atomic E-state index is -0.393. The van der Waals surface area contributed by atoms with Crippen molar-refractivity contribution in [1.82, 2.24) is 14.9 Å². The number of aromatic amines is 1. The van der Waals surface area contributed by atoms with Crippen LogP contribution in [0.2, 0.25) is 0 Å². The summed E-state index contributed by atoms with van der Waals surface area (Å²) in [5, 5.41) is 12.7. The normalized spacial score (nSPS) is 12.6. The van der Waals surface area contributed by atoms with Gasteiger partial charge in [0.1, 0.15) is 10.7 Å². The molecule has 1 atom stereocenters. The molecule has 0 radical (unpaired) electrons. The fraction of sp³-hybridized carbons (Fsp3) is 0.500. The van der Waals surface area contributed by atoms with Gasteiger partial charge in [-0.1, -0.05) is 26.8 Å². The minimum absolute atomic E-state index is 0.157. The van der Waals surface area contributed by atoms with Gasteiger partial charge in [0.15, 0.2) is 11.5 Å². The Kier molecular flexibility index (Phi) is 8.28. The molecule has 0 aliphatic heterocycles. The first kappa shape index (κ1) is 24.2. The van der Waals surface area contributed by atoms with Crippen LogP contribution in [0, 0.1) is 5.92 Å². The van der Waals surface area contributed by atoms with Crippen LogP contribution in [0.4, 0.5) is 0 Å². The molecule has 0 unspecified atom stereocenters. The van der Waals surface area contributed by atoms with E-state index < -0.39 is 6.10 Å². The number of hydrogen-bond donors (Lipinski definition) is 2. The number of nitrogens with zero attached hydrogens (tertiary/aromatic N) is 2. The number of benzene rings is 1. The monoisotopic (exact) mass is 459 g/mol. The van der Waals surface area contributed by atoms with Gasteiger partial charge in [0.05, 0.1) is 32.3 Å². The van der Waals surface area contributed by atoms with Crippen LogP contribution >= 0.6 is 11.3 Å². The molecule has 2 N–H and O–H groups in total. The van der Waals surface area contributed by atoms with E-state index in [1.807, 2.05) is 30.5 Å². The van der Waals surface area contributed by atoms with E-state index in [1.54, 1.807) is 14.2 Å². The zero-order chi connectivity index (χ0) is 23.3. The zero-order valence-electron chi connectivity index (χ0n) is 19.5. The fourth-order valence-electron chi connectivity index (χ4n) is 3.60. The number of aromatic nitrogens is 2. The second-order valence-corrected chi connectivity index (χ2v) is 9.25. The molecule has 7 nitrogen and oxygen atoms in total. The molecule has 2 heterocycles. The quantitative estimate of drug-likeness (QED) is 0.445. The van der Waals surface area contributed by atoms with Crippen molar-refractivity contribution in [3.05, 3.63) is 39.8 Å². The maximum Gasteiger partial charge on any atom is 0.260 e. The lowest BCUT2D eigenvalue weighted by atomic mass is 10.1. The molecule has 0 saturated heterocycles. The van der Waals surface area contributed by atoms with Crippen LogP contribution in [-0.2, 0) is 6.54 Å². The molecule has 0 spiro atoms. The molecule has 0 aliphatic rings. The number of fused-ring (bicyclic) bond motifs is 1. The molecule has 174 valence electrons. The Morgan fingerprint density at radius 3 is 2.62 bits per heavy atom. The Hall–Kier alpha value is -2.42. The van der Waals surface area contributed by atoms with E-state index >= 15 is 0 Å². The van der Waals surface area contributed by atoms with Crippen LogP contribution in [0.25, 0.3) is 21.3 Å². The molecule has 32 heavy (non-hydrogen) atoms. The number of nitrogens with one attached hydrogen (secondary N) is 1. The van der Waals surface area contributed by atoms with E-state index in [0.29, 0.717) is 53.0 Å². The van der Waals surface area contributed by atoms with Crippen molar-refractivity contribution in [2.24, 2.45) is 5.92 Å². The molecular weight excluding hydrogens is 426 g/mol. The standard InChI is InChI=1S/C24H33N3O4S/c1-6-17(28)12-27(10-9-15(2)3)13-21-25-23(29)22-18(14-32-24(22)26-21)16-7-8-19(30-4)20(11-16)31-5/h7-8,11,14-15,17,28H,6,9-10,12-13H2,1-5H3,(H,25,26,29)/t17-/m0/s1. The highest BCUT2D eigenvalue weighted by Gasteiger charge is 2.17. The van der Waals surface area contributed by atoms with Crippen molar-refractivity contribution >= 4 is 21.6 Å². The van der Waals surface area contributed by atoms with Gasteiger partial charge in [0.2, 0.25) is 0 Å². The second kappa shape index (κ2) is 10.9. The summed E-state index contributed by atoms with van der Waals surface area (Å²) in [6.07, 6.45) is 1.32. The first-order valence-corrected chi connectivity index (χ1v) is 11.9. The van der Waals surface area contributed by atoms with Gasteiger partial charge in [-0.25, -0.2) is 4.98 Å². The van der Waals surface area contributed by atoms with Gasteiger partial charge < -0.3 is 19.6 Å². The van der Waals surface area contributed by atoms with E-state index in [1.165, 1.54) is 11.3 Å². The van der Waals surface area contributed by atoms with Crippen LogP contribution in [0.1, 0.15) is 39.4 Å². The lowest BCUT2D eigenvalue weighted by Gasteiger charge is -2.25. The minimum Gasteiger partial charge on any atom is -0.493 e. The van der Waals surface area contributed by atoms with E-state index in [2.05, 4.69) is 23.7 Å². The SMILES string of the molecule is CC[C@H](O)CN(CCC(C)C)Cc1nc2scc(-c3ccc(OC)c(OC)c3)c2c(=O)[nH]1. The van der Waals surface area contributed by atoms with Crippen LogP contribution < -0.4 is 15.0 Å². The zero-order valence-corrected chi connectivity index (χ0v) is 20.3. The Bertz CT molecular complexity index is 1090. The number of rotatable bonds is 11.